The van der Waals surface area contributed by atoms with Crippen molar-refractivity contribution < 1.29 is 13.9 Å². The van der Waals surface area contributed by atoms with Gasteiger partial charge in [-0.1, -0.05) is 28.4 Å². The summed E-state index contributed by atoms with van der Waals surface area (Å²) in [6, 6.07) is 12.3. The Morgan fingerprint density at radius 1 is 1.15 bits per heavy atom. The second kappa shape index (κ2) is 8.92. The Hall–Kier alpha value is -3.29. The summed E-state index contributed by atoms with van der Waals surface area (Å²) in [4.78, 5) is 11.6. The zero-order valence-corrected chi connectivity index (χ0v) is 19.2. The Balaban J connectivity index is 1.30. The number of ether oxygens (including phenoxy) is 2. The summed E-state index contributed by atoms with van der Waals surface area (Å²) in [5.74, 6) is 1.29. The average molecular weight is 484 g/mol. The number of rotatable bonds is 5. The molecular weight excluding hydrogens is 465 g/mol. The molecule has 1 aliphatic rings. The van der Waals surface area contributed by atoms with Crippen LogP contribution in [0.25, 0.3) is 16.0 Å². The third-order valence-electron chi connectivity index (χ3n) is 5.40. The van der Waals surface area contributed by atoms with Crippen molar-refractivity contribution in [2.45, 2.75) is 26.5 Å². The van der Waals surface area contributed by atoms with E-state index in [2.05, 4.69) is 10.3 Å². The first-order chi connectivity index (χ1) is 16.0. The first-order valence-corrected chi connectivity index (χ1v) is 11.1. The van der Waals surface area contributed by atoms with Crippen LogP contribution >= 0.6 is 23.2 Å². The lowest BCUT2D eigenvalue weighted by atomic mass is 10.1. The van der Waals surface area contributed by atoms with Crippen molar-refractivity contribution in [3.8, 4) is 11.5 Å². The summed E-state index contributed by atoms with van der Waals surface area (Å²) in [5, 5.41) is 10.5. The van der Waals surface area contributed by atoms with Crippen LogP contribution in [0.1, 0.15) is 23.2 Å². The predicted molar refractivity (Wildman–Crippen MR) is 126 cm³/mol. The largest absolute Gasteiger partial charge is 0.493 e. The van der Waals surface area contributed by atoms with Gasteiger partial charge in [0.1, 0.15) is 29.4 Å². The van der Waals surface area contributed by atoms with Crippen LogP contribution in [0.5, 0.6) is 11.5 Å². The highest BCUT2D eigenvalue weighted by atomic mass is 35.5. The topological polar surface area (TPSA) is 79.4 Å². The fraction of sp³-hybridized carbons (Fsp3) is 0.208. The number of hydrogen-bond donors (Lipinski definition) is 0. The molecule has 0 fully saturated rings. The van der Waals surface area contributed by atoms with Crippen LogP contribution in [0.2, 0.25) is 5.02 Å². The molecule has 0 radical (unpaired) electrons. The van der Waals surface area contributed by atoms with Gasteiger partial charge in [-0.3, -0.25) is 0 Å². The fourth-order valence-corrected chi connectivity index (χ4v) is 4.24. The Morgan fingerprint density at radius 2 is 2.03 bits per heavy atom. The number of hydrogen-bond acceptors (Lipinski definition) is 6. The number of aryl methyl sites for hydroxylation is 1. The molecule has 2 aromatic carbocycles. The van der Waals surface area contributed by atoms with E-state index in [1.807, 2.05) is 31.3 Å². The third-order valence-corrected chi connectivity index (χ3v) is 6.10. The van der Waals surface area contributed by atoms with E-state index in [1.54, 1.807) is 22.9 Å². The Morgan fingerprint density at radius 3 is 2.91 bits per heavy atom. The van der Waals surface area contributed by atoms with Gasteiger partial charge in [0.05, 0.1) is 24.4 Å². The van der Waals surface area contributed by atoms with Crippen LogP contribution in [-0.2, 0) is 13.2 Å². The Bertz CT molecular complexity index is 1440. The molecule has 0 unspecified atom stereocenters. The molecule has 0 N–H and O–H groups in total. The minimum absolute atomic E-state index is 0.218. The highest BCUT2D eigenvalue weighted by molar-refractivity contribution is 6.49. The van der Waals surface area contributed by atoms with Crippen LogP contribution in [-0.4, -0.2) is 21.6 Å². The molecule has 2 aromatic heterocycles. The lowest BCUT2D eigenvalue weighted by Crippen LogP contribution is -2.05. The lowest BCUT2D eigenvalue weighted by Gasteiger charge is -2.08. The van der Waals surface area contributed by atoms with E-state index in [-0.39, 0.29) is 12.2 Å². The molecular formula is C24H19Cl2N3O4. The maximum Gasteiger partial charge on any atom is 0.336 e. The molecule has 0 saturated carbocycles. The van der Waals surface area contributed by atoms with Gasteiger partial charge in [-0.05, 0) is 48.4 Å². The van der Waals surface area contributed by atoms with Crippen LogP contribution in [0.3, 0.4) is 0 Å². The van der Waals surface area contributed by atoms with Gasteiger partial charge in [0.15, 0.2) is 0 Å². The lowest BCUT2D eigenvalue weighted by molar-refractivity contribution is 0.301. The molecule has 0 bridgehead atoms. The zero-order valence-electron chi connectivity index (χ0n) is 17.7. The number of nitrogens with zero attached hydrogens (tertiary/aromatic N) is 3. The smallest absolute Gasteiger partial charge is 0.336 e. The normalized spacial score (nSPS) is 13.5. The van der Waals surface area contributed by atoms with Crippen molar-refractivity contribution in [1.82, 2.24) is 15.0 Å². The van der Waals surface area contributed by atoms with E-state index < -0.39 is 0 Å². The minimum Gasteiger partial charge on any atom is -0.493 e. The fourth-order valence-electron chi connectivity index (χ4n) is 3.76. The molecule has 3 heterocycles. The van der Waals surface area contributed by atoms with Gasteiger partial charge < -0.3 is 13.9 Å². The van der Waals surface area contributed by atoms with Crippen molar-refractivity contribution in [2.75, 3.05) is 6.61 Å². The molecule has 33 heavy (non-hydrogen) atoms. The second-order valence-electron chi connectivity index (χ2n) is 7.76. The molecule has 0 aliphatic carbocycles. The van der Waals surface area contributed by atoms with E-state index >= 15 is 0 Å². The quantitative estimate of drug-likeness (QED) is 0.355. The summed E-state index contributed by atoms with van der Waals surface area (Å²) in [6.07, 6.45) is 2.48. The van der Waals surface area contributed by atoms with Crippen molar-refractivity contribution >= 4 is 39.2 Å². The van der Waals surface area contributed by atoms with E-state index in [9.17, 15) is 4.79 Å². The van der Waals surface area contributed by atoms with Gasteiger partial charge in [-0.2, -0.15) is 0 Å². The molecule has 9 heteroatoms. The SMILES string of the molecule is Cc1cc(=O)oc2cc(OCc3cn(CC4=C(Cl)c5cc(Cl)ccc5OCC4)nn3)ccc12. The van der Waals surface area contributed by atoms with E-state index in [4.69, 9.17) is 37.1 Å². The Labute approximate surface area is 199 Å². The molecule has 7 nitrogen and oxygen atoms in total. The second-order valence-corrected chi connectivity index (χ2v) is 8.57. The van der Waals surface area contributed by atoms with Crippen LogP contribution in [0.15, 0.2) is 63.4 Å². The van der Waals surface area contributed by atoms with Gasteiger partial charge >= 0.3 is 5.63 Å². The molecule has 168 valence electrons. The van der Waals surface area contributed by atoms with Gasteiger partial charge in [0, 0.05) is 34.5 Å². The molecule has 0 saturated heterocycles. The predicted octanol–water partition coefficient (Wildman–Crippen LogP) is 5.36. The van der Waals surface area contributed by atoms with E-state index in [0.29, 0.717) is 52.4 Å². The van der Waals surface area contributed by atoms with Crippen LogP contribution in [0, 0.1) is 6.92 Å². The highest BCUT2D eigenvalue weighted by Gasteiger charge is 2.18. The molecule has 0 amide bonds. The van der Waals surface area contributed by atoms with Crippen LogP contribution < -0.4 is 15.1 Å². The summed E-state index contributed by atoms with van der Waals surface area (Å²) < 4.78 is 18.6. The number of fused-ring (bicyclic) bond motifs is 2. The monoisotopic (exact) mass is 483 g/mol. The van der Waals surface area contributed by atoms with Crippen molar-refractivity contribution in [1.29, 1.82) is 0 Å². The molecule has 0 atom stereocenters. The maximum absolute atomic E-state index is 11.6. The molecule has 0 spiro atoms. The van der Waals surface area contributed by atoms with Gasteiger partial charge in [0.25, 0.3) is 0 Å². The van der Waals surface area contributed by atoms with E-state index in [1.165, 1.54) is 6.07 Å². The number of aromatic nitrogens is 3. The third kappa shape index (κ3) is 4.60. The molecule has 4 aromatic rings. The highest BCUT2D eigenvalue weighted by Crippen LogP contribution is 2.37. The van der Waals surface area contributed by atoms with Gasteiger partial charge in [-0.15, -0.1) is 5.10 Å². The zero-order chi connectivity index (χ0) is 22.9. The summed E-state index contributed by atoms with van der Waals surface area (Å²) >= 11 is 12.8. The van der Waals surface area contributed by atoms with Crippen molar-refractivity contribution in [3.63, 3.8) is 0 Å². The first-order valence-electron chi connectivity index (χ1n) is 10.3. The summed E-state index contributed by atoms with van der Waals surface area (Å²) in [6.45, 7) is 3.08. The number of halogens is 2. The number of benzene rings is 2. The minimum atomic E-state index is -0.387. The van der Waals surface area contributed by atoms with Gasteiger partial charge in [-0.25, -0.2) is 9.48 Å². The summed E-state index contributed by atoms with van der Waals surface area (Å²) in [5.41, 5.74) is 3.37. The van der Waals surface area contributed by atoms with Gasteiger partial charge in [0.2, 0.25) is 0 Å². The first kappa shape index (κ1) is 21.6. The maximum atomic E-state index is 11.6. The Kier molecular flexibility index (Phi) is 5.83. The van der Waals surface area contributed by atoms with Crippen molar-refractivity contribution in [3.05, 3.63) is 86.5 Å². The van der Waals surface area contributed by atoms with Crippen LogP contribution in [0.4, 0.5) is 0 Å². The van der Waals surface area contributed by atoms with Crippen molar-refractivity contribution in [2.24, 2.45) is 0 Å². The molecule has 5 rings (SSSR count). The standard InChI is InChI=1S/C24H19Cl2N3O4/c1-14-8-23(30)33-22-10-18(3-4-19(14)22)32-13-17-12-29(28-27-17)11-15-6-7-31-21-5-2-16(25)9-20(21)24(15)26/h2-5,8-10,12H,6-7,11,13H2,1H3. The van der Waals surface area contributed by atoms with E-state index in [0.717, 1.165) is 22.1 Å². The average Bonchev–Trinajstić information content (AvgIpc) is 3.18. The molecule has 1 aliphatic heterocycles. The summed E-state index contributed by atoms with van der Waals surface area (Å²) in [7, 11) is 0.